The fourth-order valence-electron chi connectivity index (χ4n) is 4.40. The minimum atomic E-state index is 0.127. The zero-order chi connectivity index (χ0) is 15.8. The largest absolute Gasteiger partial charge is 0.350 e. The van der Waals surface area contributed by atoms with Crippen LogP contribution in [0.2, 0.25) is 0 Å². The Kier molecular flexibility index (Phi) is 3.81. The molecule has 5 nitrogen and oxygen atoms in total. The van der Waals surface area contributed by atoms with E-state index in [1.54, 1.807) is 0 Å². The monoisotopic (exact) mass is 312 g/mol. The minimum Gasteiger partial charge on any atom is -0.350 e. The Morgan fingerprint density at radius 3 is 2.83 bits per heavy atom. The third-order valence-corrected chi connectivity index (χ3v) is 5.64. The summed E-state index contributed by atoms with van der Waals surface area (Å²) < 4.78 is 1.98. The van der Waals surface area contributed by atoms with Gasteiger partial charge in [0.15, 0.2) is 0 Å². The van der Waals surface area contributed by atoms with Crippen molar-refractivity contribution < 1.29 is 4.79 Å². The van der Waals surface area contributed by atoms with Gasteiger partial charge in [-0.3, -0.25) is 4.79 Å². The van der Waals surface area contributed by atoms with Gasteiger partial charge in [0.2, 0.25) is 5.91 Å². The number of imidazole rings is 1. The van der Waals surface area contributed by atoms with Crippen LogP contribution in [0.3, 0.4) is 0 Å². The van der Waals surface area contributed by atoms with Crippen LogP contribution in [0.1, 0.15) is 37.8 Å². The second-order valence-electron chi connectivity index (χ2n) is 7.11. The summed E-state index contributed by atoms with van der Waals surface area (Å²) in [6.45, 7) is 0.498. The van der Waals surface area contributed by atoms with Gasteiger partial charge < -0.3 is 15.5 Å². The van der Waals surface area contributed by atoms with Crippen LogP contribution in [0.5, 0.6) is 0 Å². The molecule has 2 fully saturated rings. The number of carbonyl (C=O) groups is 1. The number of aromatic nitrogens is 2. The lowest BCUT2D eigenvalue weighted by Crippen LogP contribution is -2.49. The lowest BCUT2D eigenvalue weighted by Gasteiger charge is -2.43. The van der Waals surface area contributed by atoms with Crippen LogP contribution in [0.25, 0.3) is 5.65 Å². The molecule has 2 atom stereocenters. The molecule has 2 bridgehead atoms. The summed E-state index contributed by atoms with van der Waals surface area (Å²) in [7, 11) is 0. The average molecular weight is 312 g/mol. The van der Waals surface area contributed by atoms with Crippen molar-refractivity contribution in [3.8, 4) is 0 Å². The highest BCUT2D eigenvalue weighted by atomic mass is 16.1. The van der Waals surface area contributed by atoms with Gasteiger partial charge in [0, 0.05) is 24.4 Å². The van der Waals surface area contributed by atoms with E-state index in [9.17, 15) is 4.79 Å². The molecule has 2 heterocycles. The summed E-state index contributed by atoms with van der Waals surface area (Å²) in [4.78, 5) is 17.1. The highest BCUT2D eigenvalue weighted by molar-refractivity contribution is 5.78. The summed E-state index contributed by atoms with van der Waals surface area (Å²) >= 11 is 0. The predicted octanol–water partition coefficient (Wildman–Crippen LogP) is 2.10. The number of fused-ring (bicyclic) bond motifs is 3. The standard InChI is InChI=1S/C18H24N4O/c19-17-12-4-3-5-13(17)9-14(8-12)18(23)20-10-15-11-22-7-2-1-6-16(22)21-15/h1-2,6-7,11-14,17H,3-5,8-10,19H2,(H,20,23). The van der Waals surface area contributed by atoms with Crippen molar-refractivity contribution in [3.05, 3.63) is 36.3 Å². The van der Waals surface area contributed by atoms with Crippen molar-refractivity contribution >= 4 is 11.6 Å². The van der Waals surface area contributed by atoms with E-state index < -0.39 is 0 Å². The maximum atomic E-state index is 12.5. The number of nitrogens with zero attached hydrogens (tertiary/aromatic N) is 2. The van der Waals surface area contributed by atoms with Gasteiger partial charge in [-0.05, 0) is 49.7 Å². The third-order valence-electron chi connectivity index (χ3n) is 5.64. The van der Waals surface area contributed by atoms with Crippen LogP contribution in [0.4, 0.5) is 0 Å². The van der Waals surface area contributed by atoms with Crippen LogP contribution in [-0.4, -0.2) is 21.3 Å². The first kappa shape index (κ1) is 14.7. The zero-order valence-corrected chi connectivity index (χ0v) is 13.3. The topological polar surface area (TPSA) is 72.4 Å². The van der Waals surface area contributed by atoms with E-state index in [-0.39, 0.29) is 11.8 Å². The Labute approximate surface area is 136 Å². The van der Waals surface area contributed by atoms with Crippen LogP contribution in [0.15, 0.2) is 30.6 Å². The Balaban J connectivity index is 1.38. The van der Waals surface area contributed by atoms with Gasteiger partial charge in [-0.25, -0.2) is 4.98 Å². The zero-order valence-electron chi connectivity index (χ0n) is 13.3. The number of nitrogens with two attached hydrogens (primary N) is 1. The van der Waals surface area contributed by atoms with Crippen molar-refractivity contribution in [1.82, 2.24) is 14.7 Å². The molecule has 5 heteroatoms. The molecule has 3 N–H and O–H groups in total. The molecule has 23 heavy (non-hydrogen) atoms. The fourth-order valence-corrected chi connectivity index (χ4v) is 4.40. The summed E-state index contributed by atoms with van der Waals surface area (Å²) in [6, 6.07) is 6.22. The number of nitrogens with one attached hydrogen (secondary N) is 1. The van der Waals surface area contributed by atoms with Crippen molar-refractivity contribution in [3.63, 3.8) is 0 Å². The first-order chi connectivity index (χ1) is 11.2. The molecular formula is C18H24N4O. The molecule has 2 aliphatic rings. The molecule has 0 aliphatic heterocycles. The smallest absolute Gasteiger partial charge is 0.223 e. The maximum Gasteiger partial charge on any atom is 0.223 e. The number of rotatable bonds is 3. The van der Waals surface area contributed by atoms with Crippen molar-refractivity contribution in [2.24, 2.45) is 23.5 Å². The predicted molar refractivity (Wildman–Crippen MR) is 88.6 cm³/mol. The number of hydrogen-bond acceptors (Lipinski definition) is 3. The van der Waals surface area contributed by atoms with Gasteiger partial charge in [-0.2, -0.15) is 0 Å². The highest BCUT2D eigenvalue weighted by Gasteiger charge is 2.40. The molecule has 0 aromatic carbocycles. The molecule has 4 rings (SSSR count). The Morgan fingerprint density at radius 1 is 1.30 bits per heavy atom. The molecule has 0 radical (unpaired) electrons. The minimum absolute atomic E-state index is 0.127. The first-order valence-electron chi connectivity index (χ1n) is 8.66. The summed E-state index contributed by atoms with van der Waals surface area (Å²) in [5.41, 5.74) is 8.12. The van der Waals surface area contributed by atoms with Gasteiger partial charge in [-0.1, -0.05) is 12.5 Å². The van der Waals surface area contributed by atoms with Crippen molar-refractivity contribution in [2.75, 3.05) is 0 Å². The molecule has 122 valence electrons. The quantitative estimate of drug-likeness (QED) is 0.911. The summed E-state index contributed by atoms with van der Waals surface area (Å²) in [5, 5.41) is 3.08. The third kappa shape index (κ3) is 2.85. The van der Waals surface area contributed by atoms with E-state index in [4.69, 9.17) is 5.73 Å². The van der Waals surface area contributed by atoms with E-state index in [1.165, 1.54) is 19.3 Å². The Bertz CT molecular complexity index is 663. The lowest BCUT2D eigenvalue weighted by molar-refractivity contribution is -0.128. The molecule has 0 saturated heterocycles. The van der Waals surface area contributed by atoms with Gasteiger partial charge in [0.25, 0.3) is 0 Å². The summed E-state index contributed by atoms with van der Waals surface area (Å²) in [5.74, 6) is 1.37. The molecule has 2 aliphatic carbocycles. The second kappa shape index (κ2) is 5.96. The summed E-state index contributed by atoms with van der Waals surface area (Å²) in [6.07, 6.45) is 9.50. The van der Waals surface area contributed by atoms with Gasteiger partial charge in [0.1, 0.15) is 5.65 Å². The van der Waals surface area contributed by atoms with Crippen LogP contribution in [0, 0.1) is 17.8 Å². The molecule has 2 aromatic heterocycles. The van der Waals surface area contributed by atoms with Gasteiger partial charge in [0.05, 0.1) is 12.2 Å². The highest BCUT2D eigenvalue weighted by Crippen LogP contribution is 2.41. The lowest BCUT2D eigenvalue weighted by atomic mass is 9.65. The second-order valence-corrected chi connectivity index (χ2v) is 7.11. The molecule has 1 amide bonds. The molecule has 2 unspecified atom stereocenters. The first-order valence-corrected chi connectivity index (χ1v) is 8.66. The Morgan fingerprint density at radius 2 is 2.09 bits per heavy atom. The SMILES string of the molecule is NC1C2CCCC1CC(C(=O)NCc1cn3ccccc3n1)C2. The van der Waals surface area contributed by atoms with E-state index >= 15 is 0 Å². The van der Waals surface area contributed by atoms with Crippen molar-refractivity contribution in [1.29, 1.82) is 0 Å². The molecule has 2 saturated carbocycles. The van der Waals surface area contributed by atoms with Crippen LogP contribution < -0.4 is 11.1 Å². The van der Waals surface area contributed by atoms with E-state index in [0.717, 1.165) is 24.2 Å². The van der Waals surface area contributed by atoms with Crippen LogP contribution >= 0.6 is 0 Å². The molecular weight excluding hydrogens is 288 g/mol. The fraction of sp³-hybridized carbons (Fsp3) is 0.556. The van der Waals surface area contributed by atoms with Crippen molar-refractivity contribution in [2.45, 2.75) is 44.7 Å². The molecule has 0 spiro atoms. The van der Waals surface area contributed by atoms with Gasteiger partial charge >= 0.3 is 0 Å². The van der Waals surface area contributed by atoms with Crippen LogP contribution in [-0.2, 0) is 11.3 Å². The number of pyridine rings is 1. The van der Waals surface area contributed by atoms with E-state index in [2.05, 4.69) is 10.3 Å². The number of hydrogen-bond donors (Lipinski definition) is 2. The normalized spacial score (nSPS) is 30.3. The van der Waals surface area contributed by atoms with E-state index in [0.29, 0.717) is 24.4 Å². The Hall–Kier alpha value is -1.88. The van der Waals surface area contributed by atoms with E-state index in [1.807, 2.05) is 35.0 Å². The van der Waals surface area contributed by atoms with Gasteiger partial charge in [-0.15, -0.1) is 0 Å². The maximum absolute atomic E-state index is 12.5. The average Bonchev–Trinajstić information content (AvgIpc) is 2.95. The number of amides is 1. The number of carbonyl (C=O) groups excluding carboxylic acids is 1. The molecule has 2 aromatic rings.